The van der Waals surface area contributed by atoms with Crippen molar-refractivity contribution in [2.24, 2.45) is 16.6 Å². The van der Waals surface area contributed by atoms with Gasteiger partial charge in [0.25, 0.3) is 0 Å². The molecule has 2 N–H and O–H groups in total. The van der Waals surface area contributed by atoms with E-state index in [1.54, 1.807) is 0 Å². The minimum atomic E-state index is 0.337. The van der Waals surface area contributed by atoms with Crippen molar-refractivity contribution in [1.29, 1.82) is 0 Å². The molecule has 1 aromatic rings. The number of hydrogen-bond acceptors (Lipinski definition) is 1. The predicted molar refractivity (Wildman–Crippen MR) is 56.6 cm³/mol. The minimum absolute atomic E-state index is 0.337. The van der Waals surface area contributed by atoms with Gasteiger partial charge in [0.15, 0.2) is 0 Å². The molecule has 0 aliphatic rings. The summed E-state index contributed by atoms with van der Waals surface area (Å²) in [5.74, 6) is 1.06. The lowest BCUT2D eigenvalue weighted by atomic mass is 10.2. The van der Waals surface area contributed by atoms with E-state index in [2.05, 4.69) is 17.1 Å². The number of aliphatic imine (C=N–C) groups is 1. The summed E-state index contributed by atoms with van der Waals surface area (Å²) in [6, 6.07) is 10.1. The number of rotatable bonds is 3. The molecule has 13 heavy (non-hydrogen) atoms. The molecule has 0 heterocycles. The van der Waals surface area contributed by atoms with Crippen LogP contribution in [-0.2, 0) is 6.54 Å². The summed E-state index contributed by atoms with van der Waals surface area (Å²) in [7, 11) is 0. The fourth-order valence-corrected chi connectivity index (χ4v) is 0.949. The van der Waals surface area contributed by atoms with Crippen molar-refractivity contribution in [2.45, 2.75) is 20.4 Å². The zero-order chi connectivity index (χ0) is 9.68. The van der Waals surface area contributed by atoms with E-state index < -0.39 is 0 Å². The number of benzene rings is 1. The molecule has 0 amide bonds. The second-order valence-electron chi connectivity index (χ2n) is 3.38. The Morgan fingerprint density at radius 3 is 2.46 bits per heavy atom. The Hall–Kier alpha value is -1.31. The number of nitrogens with two attached hydrogens (primary N) is 1. The van der Waals surface area contributed by atoms with Gasteiger partial charge in [0, 0.05) is 5.92 Å². The van der Waals surface area contributed by atoms with Gasteiger partial charge >= 0.3 is 0 Å². The number of nitrogens with zero attached hydrogens (tertiary/aromatic N) is 1. The molecule has 0 unspecified atom stereocenters. The van der Waals surface area contributed by atoms with Gasteiger partial charge in [-0.1, -0.05) is 44.2 Å². The molecule has 0 saturated carbocycles. The first-order valence-electron chi connectivity index (χ1n) is 4.54. The van der Waals surface area contributed by atoms with Gasteiger partial charge in [0.2, 0.25) is 0 Å². The van der Waals surface area contributed by atoms with E-state index in [4.69, 9.17) is 5.73 Å². The molecular weight excluding hydrogens is 160 g/mol. The van der Waals surface area contributed by atoms with Crippen LogP contribution in [0.3, 0.4) is 0 Å². The lowest BCUT2D eigenvalue weighted by Gasteiger charge is -2.03. The molecule has 0 bridgehead atoms. The molecule has 1 rings (SSSR count). The van der Waals surface area contributed by atoms with E-state index in [0.717, 1.165) is 5.84 Å². The van der Waals surface area contributed by atoms with Crippen LogP contribution < -0.4 is 5.73 Å². The van der Waals surface area contributed by atoms with Crippen molar-refractivity contribution < 1.29 is 0 Å². The van der Waals surface area contributed by atoms with Crippen molar-refractivity contribution in [2.75, 3.05) is 0 Å². The molecule has 0 aromatic heterocycles. The topological polar surface area (TPSA) is 38.4 Å². The van der Waals surface area contributed by atoms with Gasteiger partial charge in [-0.2, -0.15) is 0 Å². The molecule has 0 aliphatic heterocycles. The Labute approximate surface area is 79.5 Å². The largest absolute Gasteiger partial charge is 0.387 e. The first-order valence-corrected chi connectivity index (χ1v) is 4.54. The Balaban J connectivity index is 2.57. The van der Waals surface area contributed by atoms with Gasteiger partial charge in [0.1, 0.15) is 0 Å². The Bertz CT molecular complexity index is 275. The lowest BCUT2D eigenvalue weighted by molar-refractivity contribution is 0.855. The fourth-order valence-electron chi connectivity index (χ4n) is 0.949. The van der Waals surface area contributed by atoms with E-state index in [0.29, 0.717) is 12.5 Å². The van der Waals surface area contributed by atoms with Crippen LogP contribution in [0.25, 0.3) is 0 Å². The lowest BCUT2D eigenvalue weighted by Crippen LogP contribution is -2.18. The predicted octanol–water partition coefficient (Wildman–Crippen LogP) is 2.20. The molecule has 1 aromatic carbocycles. The van der Waals surface area contributed by atoms with Crippen molar-refractivity contribution in [3.05, 3.63) is 35.9 Å². The van der Waals surface area contributed by atoms with E-state index in [9.17, 15) is 0 Å². The van der Waals surface area contributed by atoms with Crippen LogP contribution >= 0.6 is 0 Å². The molecule has 70 valence electrons. The highest BCUT2D eigenvalue weighted by molar-refractivity contribution is 5.82. The zero-order valence-electron chi connectivity index (χ0n) is 8.20. The molecule has 0 atom stereocenters. The number of hydrogen-bond donors (Lipinski definition) is 1. The van der Waals surface area contributed by atoms with Crippen LogP contribution in [0.2, 0.25) is 0 Å². The monoisotopic (exact) mass is 176 g/mol. The van der Waals surface area contributed by atoms with Gasteiger partial charge in [-0.3, -0.25) is 4.99 Å². The highest BCUT2D eigenvalue weighted by Crippen LogP contribution is 2.01. The quantitative estimate of drug-likeness (QED) is 0.556. The van der Waals surface area contributed by atoms with Crippen LogP contribution in [0.5, 0.6) is 0 Å². The van der Waals surface area contributed by atoms with Gasteiger partial charge in [-0.05, 0) is 5.56 Å². The first-order chi connectivity index (χ1) is 6.20. The van der Waals surface area contributed by atoms with Crippen LogP contribution in [0.4, 0.5) is 0 Å². The first kappa shape index (κ1) is 9.78. The number of amidine groups is 1. The summed E-state index contributed by atoms with van der Waals surface area (Å²) in [5.41, 5.74) is 6.91. The maximum absolute atomic E-state index is 5.71. The summed E-state index contributed by atoms with van der Waals surface area (Å²) in [6.45, 7) is 4.78. The molecule has 0 fully saturated rings. The van der Waals surface area contributed by atoms with Gasteiger partial charge in [-0.15, -0.1) is 0 Å². The maximum atomic E-state index is 5.71. The standard InChI is InChI=1S/C11H16N2/c1-9(2)11(12)13-8-10-6-4-3-5-7-10/h3-7,9H,8H2,1-2H3,(H2,12,13). The Kier molecular flexibility index (Phi) is 3.50. The third-order valence-corrected chi connectivity index (χ3v) is 1.88. The second-order valence-corrected chi connectivity index (χ2v) is 3.38. The van der Waals surface area contributed by atoms with Crippen LogP contribution in [-0.4, -0.2) is 5.84 Å². The highest BCUT2D eigenvalue weighted by atomic mass is 14.9. The summed E-state index contributed by atoms with van der Waals surface area (Å²) in [6.07, 6.45) is 0. The van der Waals surface area contributed by atoms with E-state index in [-0.39, 0.29) is 0 Å². The van der Waals surface area contributed by atoms with Crippen molar-refractivity contribution >= 4 is 5.84 Å². The molecular formula is C11H16N2. The third kappa shape index (κ3) is 3.28. The Morgan fingerprint density at radius 1 is 1.31 bits per heavy atom. The molecule has 0 aliphatic carbocycles. The van der Waals surface area contributed by atoms with Crippen LogP contribution in [0.1, 0.15) is 19.4 Å². The summed E-state index contributed by atoms with van der Waals surface area (Å²) in [5, 5.41) is 0. The molecule has 2 heteroatoms. The van der Waals surface area contributed by atoms with Crippen LogP contribution in [0.15, 0.2) is 35.3 Å². The third-order valence-electron chi connectivity index (χ3n) is 1.88. The van der Waals surface area contributed by atoms with Gasteiger partial charge in [0.05, 0.1) is 12.4 Å². The molecule has 0 saturated heterocycles. The summed E-state index contributed by atoms with van der Waals surface area (Å²) >= 11 is 0. The van der Waals surface area contributed by atoms with Crippen LogP contribution in [0, 0.1) is 5.92 Å². The van der Waals surface area contributed by atoms with Gasteiger partial charge < -0.3 is 5.73 Å². The fraction of sp³-hybridized carbons (Fsp3) is 0.364. The van der Waals surface area contributed by atoms with Crippen molar-refractivity contribution in [3.8, 4) is 0 Å². The van der Waals surface area contributed by atoms with E-state index in [1.165, 1.54) is 5.56 Å². The van der Waals surface area contributed by atoms with Crippen molar-refractivity contribution in [1.82, 2.24) is 0 Å². The average molecular weight is 176 g/mol. The Morgan fingerprint density at radius 2 is 1.92 bits per heavy atom. The van der Waals surface area contributed by atoms with Crippen molar-refractivity contribution in [3.63, 3.8) is 0 Å². The normalized spacial score (nSPS) is 12.1. The minimum Gasteiger partial charge on any atom is -0.387 e. The smallest absolute Gasteiger partial charge is 0.0966 e. The zero-order valence-corrected chi connectivity index (χ0v) is 8.20. The summed E-state index contributed by atoms with van der Waals surface area (Å²) < 4.78 is 0. The summed E-state index contributed by atoms with van der Waals surface area (Å²) in [4.78, 5) is 4.29. The molecule has 0 spiro atoms. The average Bonchev–Trinajstić information content (AvgIpc) is 2.15. The molecule has 2 nitrogen and oxygen atoms in total. The highest BCUT2D eigenvalue weighted by Gasteiger charge is 1.97. The maximum Gasteiger partial charge on any atom is 0.0966 e. The van der Waals surface area contributed by atoms with E-state index >= 15 is 0 Å². The van der Waals surface area contributed by atoms with Gasteiger partial charge in [-0.25, -0.2) is 0 Å². The second kappa shape index (κ2) is 4.65. The molecule has 0 radical (unpaired) electrons. The SMILES string of the molecule is CC(C)C(N)=NCc1ccccc1. The van der Waals surface area contributed by atoms with E-state index in [1.807, 2.05) is 32.0 Å².